The van der Waals surface area contributed by atoms with Crippen LogP contribution >= 0.6 is 0 Å². The lowest BCUT2D eigenvalue weighted by Gasteiger charge is -2.18. The summed E-state index contributed by atoms with van der Waals surface area (Å²) in [5, 5.41) is 0. The molecule has 6 nitrogen and oxygen atoms in total. The third-order valence-electron chi connectivity index (χ3n) is 8.68. The summed E-state index contributed by atoms with van der Waals surface area (Å²) in [6.07, 6.45) is 38.8. The van der Waals surface area contributed by atoms with Crippen LogP contribution in [0.15, 0.2) is 24.3 Å². The van der Waals surface area contributed by atoms with Gasteiger partial charge >= 0.3 is 17.9 Å². The molecule has 1 unspecified atom stereocenters. The van der Waals surface area contributed by atoms with Gasteiger partial charge in [-0.3, -0.25) is 14.4 Å². The van der Waals surface area contributed by atoms with Crippen LogP contribution in [-0.4, -0.2) is 37.2 Å². The minimum absolute atomic E-state index is 0.0776. The molecule has 0 bridgehead atoms. The Balaban J connectivity index is 4.40. The monoisotopic (exact) mass is 677 g/mol. The van der Waals surface area contributed by atoms with Crippen LogP contribution in [0.2, 0.25) is 0 Å². The Bertz CT molecular complexity index is 789. The summed E-state index contributed by atoms with van der Waals surface area (Å²) in [6.45, 7) is 6.50. The highest BCUT2D eigenvalue weighted by Crippen LogP contribution is 2.13. The molecule has 0 heterocycles. The number of carbonyl (C=O) groups is 3. The minimum Gasteiger partial charge on any atom is -0.462 e. The predicted molar refractivity (Wildman–Crippen MR) is 201 cm³/mol. The largest absolute Gasteiger partial charge is 0.462 e. The summed E-state index contributed by atoms with van der Waals surface area (Å²) < 4.78 is 16.6. The first-order valence-electron chi connectivity index (χ1n) is 20.3. The summed E-state index contributed by atoms with van der Waals surface area (Å²) >= 11 is 0. The average Bonchev–Trinajstić information content (AvgIpc) is 3.08. The van der Waals surface area contributed by atoms with Crippen molar-refractivity contribution in [1.82, 2.24) is 0 Å². The van der Waals surface area contributed by atoms with Crippen molar-refractivity contribution in [2.75, 3.05) is 13.2 Å². The summed E-state index contributed by atoms with van der Waals surface area (Å²) in [5.74, 6) is -0.910. The van der Waals surface area contributed by atoms with Gasteiger partial charge in [0.25, 0.3) is 0 Å². The normalized spacial score (nSPS) is 12.1. The van der Waals surface area contributed by atoms with Crippen molar-refractivity contribution in [1.29, 1.82) is 0 Å². The zero-order chi connectivity index (χ0) is 35.2. The number of ether oxygens (including phenoxy) is 3. The molecule has 0 rings (SSSR count). The predicted octanol–water partition coefficient (Wildman–Crippen LogP) is 12.5. The van der Waals surface area contributed by atoms with Gasteiger partial charge in [0, 0.05) is 19.3 Å². The molecule has 6 heteroatoms. The molecule has 0 aliphatic rings. The Hall–Kier alpha value is -2.11. The number of allylic oxidation sites excluding steroid dienone is 4. The van der Waals surface area contributed by atoms with Crippen LogP contribution in [-0.2, 0) is 28.6 Å². The van der Waals surface area contributed by atoms with Crippen LogP contribution in [0.25, 0.3) is 0 Å². The lowest BCUT2D eigenvalue weighted by molar-refractivity contribution is -0.167. The van der Waals surface area contributed by atoms with E-state index < -0.39 is 6.10 Å². The third-order valence-corrected chi connectivity index (χ3v) is 8.68. The van der Waals surface area contributed by atoms with Crippen LogP contribution in [0.1, 0.15) is 207 Å². The molecule has 0 aromatic rings. The van der Waals surface area contributed by atoms with Crippen molar-refractivity contribution in [2.24, 2.45) is 0 Å². The zero-order valence-electron chi connectivity index (χ0n) is 31.8. The average molecular weight is 677 g/mol. The number of hydrogen-bond donors (Lipinski definition) is 0. The second-order valence-electron chi connectivity index (χ2n) is 13.5. The molecule has 0 aromatic heterocycles. The van der Waals surface area contributed by atoms with Gasteiger partial charge in [-0.15, -0.1) is 0 Å². The van der Waals surface area contributed by atoms with Crippen molar-refractivity contribution < 1.29 is 28.6 Å². The maximum absolute atomic E-state index is 12.6. The van der Waals surface area contributed by atoms with E-state index in [1.165, 1.54) is 70.6 Å². The maximum Gasteiger partial charge on any atom is 0.306 e. The van der Waals surface area contributed by atoms with Crippen LogP contribution in [0.3, 0.4) is 0 Å². The molecule has 0 amide bonds. The Kier molecular flexibility index (Phi) is 36.0. The molecular formula is C42H76O6. The summed E-state index contributed by atoms with van der Waals surface area (Å²) in [5.41, 5.74) is 0. The van der Waals surface area contributed by atoms with E-state index in [-0.39, 0.29) is 31.1 Å². The van der Waals surface area contributed by atoms with Crippen molar-refractivity contribution >= 4 is 17.9 Å². The molecule has 0 aromatic carbocycles. The van der Waals surface area contributed by atoms with Gasteiger partial charge in [0.05, 0.1) is 0 Å². The van der Waals surface area contributed by atoms with Crippen LogP contribution in [0, 0.1) is 0 Å². The van der Waals surface area contributed by atoms with Crippen molar-refractivity contribution in [2.45, 2.75) is 213 Å². The second kappa shape index (κ2) is 37.7. The Morgan fingerprint density at radius 2 is 0.708 bits per heavy atom. The van der Waals surface area contributed by atoms with Gasteiger partial charge in [0.2, 0.25) is 0 Å². The molecule has 0 saturated heterocycles. The van der Waals surface area contributed by atoms with Crippen LogP contribution in [0.5, 0.6) is 0 Å². The number of unbranched alkanes of at least 4 members (excludes halogenated alkanes) is 21. The van der Waals surface area contributed by atoms with E-state index in [0.29, 0.717) is 19.3 Å². The summed E-state index contributed by atoms with van der Waals surface area (Å²) in [7, 11) is 0. The van der Waals surface area contributed by atoms with Gasteiger partial charge in [-0.05, 0) is 57.8 Å². The van der Waals surface area contributed by atoms with Crippen LogP contribution in [0.4, 0.5) is 0 Å². The van der Waals surface area contributed by atoms with Gasteiger partial charge in [0.15, 0.2) is 6.10 Å². The molecule has 0 aliphatic heterocycles. The number of rotatable bonds is 36. The number of esters is 3. The first-order valence-corrected chi connectivity index (χ1v) is 20.3. The van der Waals surface area contributed by atoms with Crippen molar-refractivity contribution in [3.63, 3.8) is 0 Å². The Labute approximate surface area is 296 Å². The van der Waals surface area contributed by atoms with Gasteiger partial charge in [-0.25, -0.2) is 0 Å². The molecule has 0 saturated carbocycles. The lowest BCUT2D eigenvalue weighted by atomic mass is 10.1. The Morgan fingerprint density at radius 3 is 1.10 bits per heavy atom. The van der Waals surface area contributed by atoms with E-state index in [0.717, 1.165) is 96.3 Å². The second-order valence-corrected chi connectivity index (χ2v) is 13.5. The molecule has 0 radical (unpaired) electrons. The van der Waals surface area contributed by atoms with E-state index in [1.54, 1.807) is 0 Å². The van der Waals surface area contributed by atoms with Crippen molar-refractivity contribution in [3.05, 3.63) is 24.3 Å². The quantitative estimate of drug-likeness (QED) is 0.0284. The molecule has 1 atom stereocenters. The van der Waals surface area contributed by atoms with Gasteiger partial charge in [-0.1, -0.05) is 154 Å². The van der Waals surface area contributed by atoms with E-state index in [1.807, 2.05) is 0 Å². The van der Waals surface area contributed by atoms with E-state index in [4.69, 9.17) is 14.2 Å². The van der Waals surface area contributed by atoms with Crippen LogP contribution < -0.4 is 0 Å². The highest BCUT2D eigenvalue weighted by Gasteiger charge is 2.19. The summed E-state index contributed by atoms with van der Waals surface area (Å²) in [4.78, 5) is 37.4. The van der Waals surface area contributed by atoms with E-state index in [2.05, 4.69) is 45.1 Å². The lowest BCUT2D eigenvalue weighted by Crippen LogP contribution is -2.30. The first kappa shape index (κ1) is 45.9. The fourth-order valence-corrected chi connectivity index (χ4v) is 5.52. The Morgan fingerprint density at radius 1 is 0.396 bits per heavy atom. The maximum atomic E-state index is 12.6. The zero-order valence-corrected chi connectivity index (χ0v) is 31.8. The molecule has 280 valence electrons. The smallest absolute Gasteiger partial charge is 0.306 e. The third kappa shape index (κ3) is 35.2. The molecule has 0 spiro atoms. The number of carbonyl (C=O) groups excluding carboxylic acids is 3. The topological polar surface area (TPSA) is 78.9 Å². The molecule has 0 N–H and O–H groups in total. The van der Waals surface area contributed by atoms with Crippen molar-refractivity contribution in [3.8, 4) is 0 Å². The fraction of sp³-hybridized carbons (Fsp3) is 0.833. The first-order chi connectivity index (χ1) is 23.5. The summed E-state index contributed by atoms with van der Waals surface area (Å²) in [6, 6.07) is 0. The highest BCUT2D eigenvalue weighted by molar-refractivity contribution is 5.71. The molecular weight excluding hydrogens is 600 g/mol. The van der Waals surface area contributed by atoms with Gasteiger partial charge < -0.3 is 14.2 Å². The molecule has 0 aliphatic carbocycles. The van der Waals surface area contributed by atoms with E-state index in [9.17, 15) is 14.4 Å². The highest BCUT2D eigenvalue weighted by atomic mass is 16.6. The SMILES string of the molecule is CCCC/C=C\CCCCCCC(=O)OCC(COC(=O)CCCCCCCCCCCC)OC(=O)CCCCCC/C=C\CCCC. The van der Waals surface area contributed by atoms with Gasteiger partial charge in [0.1, 0.15) is 13.2 Å². The molecule has 48 heavy (non-hydrogen) atoms. The van der Waals surface area contributed by atoms with E-state index >= 15 is 0 Å². The number of hydrogen-bond acceptors (Lipinski definition) is 6. The van der Waals surface area contributed by atoms with Gasteiger partial charge in [-0.2, -0.15) is 0 Å². The molecule has 0 fully saturated rings. The fourth-order valence-electron chi connectivity index (χ4n) is 5.52. The minimum atomic E-state index is -0.772. The standard InChI is InChI=1S/C42H76O6/c1-4-7-10-13-16-19-22-25-28-31-34-40(43)46-37-39(48-42(45)36-33-30-27-24-21-18-15-12-9-6-3)38-47-41(44)35-32-29-26-23-20-17-14-11-8-5-2/h13,15-16,18,39H,4-12,14,17,19-38H2,1-3H3/b16-13-,18-15-.